The van der Waals surface area contributed by atoms with E-state index in [4.69, 9.17) is 0 Å². The molecular weight excluding hydrogens is 281 g/mol. The second-order valence-corrected chi connectivity index (χ2v) is 6.77. The first-order valence-electron chi connectivity index (χ1n) is 7.84. The van der Waals surface area contributed by atoms with Crippen LogP contribution in [0.5, 0.6) is 0 Å². The molecule has 0 heterocycles. The van der Waals surface area contributed by atoms with Gasteiger partial charge in [0.05, 0.1) is 13.2 Å². The molecule has 1 fully saturated rings. The van der Waals surface area contributed by atoms with Crippen molar-refractivity contribution in [2.45, 2.75) is 76.7 Å². The Hall–Kier alpha value is -0.330. The van der Waals surface area contributed by atoms with E-state index in [1.807, 2.05) is 6.92 Å². The van der Waals surface area contributed by atoms with Crippen LogP contribution in [-0.2, 0) is 0 Å². The molecule has 0 amide bonds. The highest BCUT2D eigenvalue weighted by Crippen LogP contribution is 2.25. The summed E-state index contributed by atoms with van der Waals surface area (Å²) in [5, 5.41) is 12.9. The minimum Gasteiger partial charge on any atom is -0.394 e. The van der Waals surface area contributed by atoms with Crippen LogP contribution in [0, 0.1) is 0 Å². The van der Waals surface area contributed by atoms with Gasteiger partial charge in [0.2, 0.25) is 0 Å². The van der Waals surface area contributed by atoms with Gasteiger partial charge in [-0.1, -0.05) is 6.42 Å². The summed E-state index contributed by atoms with van der Waals surface area (Å²) in [6.45, 7) is 5.24. The maximum atomic E-state index is 12.5. The summed E-state index contributed by atoms with van der Waals surface area (Å²) in [5.41, 5.74) is -0.298. The molecule has 0 aromatic carbocycles. The van der Waals surface area contributed by atoms with Crippen LogP contribution >= 0.6 is 0 Å². The number of alkyl halides is 3. The molecule has 0 aliphatic heterocycles. The molecule has 21 heavy (non-hydrogen) atoms. The van der Waals surface area contributed by atoms with Crippen LogP contribution in [0.1, 0.15) is 52.9 Å². The molecule has 1 saturated carbocycles. The highest BCUT2D eigenvalue weighted by atomic mass is 19.4. The van der Waals surface area contributed by atoms with Gasteiger partial charge in [-0.3, -0.25) is 4.90 Å². The highest BCUT2D eigenvalue weighted by molar-refractivity contribution is 4.92. The smallest absolute Gasteiger partial charge is 0.394 e. The van der Waals surface area contributed by atoms with Gasteiger partial charge in [0.15, 0.2) is 0 Å². The fourth-order valence-corrected chi connectivity index (χ4v) is 2.50. The second kappa shape index (κ2) is 7.79. The summed E-state index contributed by atoms with van der Waals surface area (Å²) in [6, 6.07) is 0.403. The molecule has 1 atom stereocenters. The Bertz CT molecular complexity index is 306. The molecule has 0 radical (unpaired) electrons. The van der Waals surface area contributed by atoms with Crippen molar-refractivity contribution in [3.05, 3.63) is 0 Å². The lowest BCUT2D eigenvalue weighted by Crippen LogP contribution is -2.47. The molecule has 126 valence electrons. The number of nitrogens with one attached hydrogen (secondary N) is 1. The Morgan fingerprint density at radius 3 is 2.29 bits per heavy atom. The summed E-state index contributed by atoms with van der Waals surface area (Å²) in [5.74, 6) is 0. The van der Waals surface area contributed by atoms with Gasteiger partial charge in [0.1, 0.15) is 0 Å². The lowest BCUT2D eigenvalue weighted by Gasteiger charge is -2.30. The fraction of sp³-hybridized carbons (Fsp3) is 1.00. The molecule has 1 aliphatic rings. The second-order valence-electron chi connectivity index (χ2n) is 6.77. The number of halogens is 3. The lowest BCUT2D eigenvalue weighted by atomic mass is 9.95. The van der Waals surface area contributed by atoms with Gasteiger partial charge >= 0.3 is 6.18 Å². The average Bonchev–Trinajstić information content (AvgIpc) is 3.15. The maximum absolute atomic E-state index is 12.5. The van der Waals surface area contributed by atoms with Crippen LogP contribution < -0.4 is 5.32 Å². The summed E-state index contributed by atoms with van der Waals surface area (Å²) >= 11 is 0. The Morgan fingerprint density at radius 1 is 1.24 bits per heavy atom. The Morgan fingerprint density at radius 2 is 1.86 bits per heavy atom. The monoisotopic (exact) mass is 310 g/mol. The zero-order valence-corrected chi connectivity index (χ0v) is 13.3. The molecule has 0 saturated heterocycles. The van der Waals surface area contributed by atoms with Gasteiger partial charge in [0.25, 0.3) is 0 Å². The van der Waals surface area contributed by atoms with E-state index < -0.39 is 12.7 Å². The van der Waals surface area contributed by atoms with Crippen molar-refractivity contribution in [2.75, 3.05) is 19.7 Å². The molecule has 1 unspecified atom stereocenters. The van der Waals surface area contributed by atoms with Crippen molar-refractivity contribution < 1.29 is 18.3 Å². The van der Waals surface area contributed by atoms with E-state index in [1.54, 1.807) is 13.8 Å². The number of unbranched alkanes of at least 4 members (excludes halogenated alkanes) is 1. The van der Waals surface area contributed by atoms with Gasteiger partial charge in [-0.2, -0.15) is 13.2 Å². The summed E-state index contributed by atoms with van der Waals surface area (Å²) in [7, 11) is 0. The van der Waals surface area contributed by atoms with E-state index in [0.29, 0.717) is 12.6 Å². The normalized spacial score (nSPS) is 19.3. The molecule has 3 nitrogen and oxygen atoms in total. The quantitative estimate of drug-likeness (QED) is 0.609. The number of aliphatic hydroxyl groups excluding tert-OH is 1. The van der Waals surface area contributed by atoms with Crippen molar-refractivity contribution in [2.24, 2.45) is 0 Å². The molecule has 2 N–H and O–H groups in total. The predicted octanol–water partition coefficient (Wildman–Crippen LogP) is 2.93. The average molecular weight is 310 g/mol. The number of aliphatic hydroxyl groups is 1. The summed E-state index contributed by atoms with van der Waals surface area (Å²) in [4.78, 5) is 1.46. The first kappa shape index (κ1) is 18.7. The number of rotatable bonds is 10. The van der Waals surface area contributed by atoms with Crippen molar-refractivity contribution in [3.63, 3.8) is 0 Å². The standard InChI is InChI=1S/C15H29F3N2O/c1-12(2)20(10-15(16,17)18)9-5-4-8-14(3,11-21)19-13-6-7-13/h12-13,19,21H,4-11H2,1-3H3. The Labute approximate surface area is 125 Å². The summed E-state index contributed by atoms with van der Waals surface area (Å²) in [6.07, 6.45) is 0.494. The van der Waals surface area contributed by atoms with Crippen molar-refractivity contribution in [1.82, 2.24) is 10.2 Å². The largest absolute Gasteiger partial charge is 0.401 e. The zero-order valence-electron chi connectivity index (χ0n) is 13.3. The minimum absolute atomic E-state index is 0.0694. The SMILES string of the molecule is CC(C)N(CCCCC(C)(CO)NC1CC1)CC(F)(F)F. The van der Waals surface area contributed by atoms with Gasteiger partial charge in [-0.25, -0.2) is 0 Å². The van der Waals surface area contributed by atoms with Crippen molar-refractivity contribution in [3.8, 4) is 0 Å². The molecule has 1 aliphatic carbocycles. The Balaban J connectivity index is 2.29. The maximum Gasteiger partial charge on any atom is 0.401 e. The van der Waals surface area contributed by atoms with E-state index in [1.165, 1.54) is 4.90 Å². The molecule has 0 aromatic rings. The van der Waals surface area contributed by atoms with E-state index in [0.717, 1.165) is 32.1 Å². The summed E-state index contributed by atoms with van der Waals surface area (Å²) < 4.78 is 37.5. The van der Waals surface area contributed by atoms with Crippen molar-refractivity contribution >= 4 is 0 Å². The van der Waals surface area contributed by atoms with E-state index in [2.05, 4.69) is 5.32 Å². The van der Waals surface area contributed by atoms with Gasteiger partial charge in [-0.05, 0) is 53.0 Å². The lowest BCUT2D eigenvalue weighted by molar-refractivity contribution is -0.149. The predicted molar refractivity (Wildman–Crippen MR) is 78.3 cm³/mol. The fourth-order valence-electron chi connectivity index (χ4n) is 2.50. The number of nitrogens with zero attached hydrogens (tertiary/aromatic N) is 1. The van der Waals surface area contributed by atoms with Crippen LogP contribution in [0.4, 0.5) is 13.2 Å². The van der Waals surface area contributed by atoms with Gasteiger partial charge < -0.3 is 10.4 Å². The van der Waals surface area contributed by atoms with Crippen LogP contribution in [-0.4, -0.2) is 53.5 Å². The van der Waals surface area contributed by atoms with E-state index in [-0.39, 0.29) is 18.2 Å². The number of hydrogen-bond acceptors (Lipinski definition) is 3. The Kier molecular flexibility index (Phi) is 6.94. The third-order valence-electron chi connectivity index (χ3n) is 4.02. The van der Waals surface area contributed by atoms with E-state index >= 15 is 0 Å². The van der Waals surface area contributed by atoms with Gasteiger partial charge in [-0.15, -0.1) is 0 Å². The highest BCUT2D eigenvalue weighted by Gasteiger charge is 2.33. The molecular formula is C15H29F3N2O. The van der Waals surface area contributed by atoms with Crippen LogP contribution in [0.3, 0.4) is 0 Å². The van der Waals surface area contributed by atoms with Crippen LogP contribution in [0.25, 0.3) is 0 Å². The first-order chi connectivity index (χ1) is 9.65. The molecule has 0 spiro atoms. The topological polar surface area (TPSA) is 35.5 Å². The third kappa shape index (κ3) is 8.02. The molecule has 0 aromatic heterocycles. The first-order valence-corrected chi connectivity index (χ1v) is 7.84. The van der Waals surface area contributed by atoms with Crippen LogP contribution in [0.15, 0.2) is 0 Å². The van der Waals surface area contributed by atoms with Crippen molar-refractivity contribution in [1.29, 1.82) is 0 Å². The third-order valence-corrected chi connectivity index (χ3v) is 4.02. The number of hydrogen-bond donors (Lipinski definition) is 2. The zero-order chi connectivity index (χ0) is 16.1. The minimum atomic E-state index is -4.14. The molecule has 1 rings (SSSR count). The van der Waals surface area contributed by atoms with E-state index in [9.17, 15) is 18.3 Å². The molecule has 0 bridgehead atoms. The van der Waals surface area contributed by atoms with Gasteiger partial charge in [0, 0.05) is 17.6 Å². The van der Waals surface area contributed by atoms with Crippen LogP contribution in [0.2, 0.25) is 0 Å². The molecule has 6 heteroatoms.